The Morgan fingerprint density at radius 3 is 2.74 bits per heavy atom. The first-order valence-electron chi connectivity index (χ1n) is 5.48. The number of carboxylic acids is 1. The van der Waals surface area contributed by atoms with E-state index in [2.05, 4.69) is 10.3 Å². The van der Waals surface area contributed by atoms with Crippen LogP contribution >= 0.6 is 0 Å². The van der Waals surface area contributed by atoms with Crippen LogP contribution in [0.2, 0.25) is 0 Å². The third kappa shape index (κ3) is 2.79. The van der Waals surface area contributed by atoms with Crippen molar-refractivity contribution < 1.29 is 14.3 Å². The fourth-order valence-corrected chi connectivity index (χ4v) is 1.65. The average molecular weight is 261 g/mol. The number of aromatic carboxylic acids is 1. The predicted octanol–water partition coefficient (Wildman–Crippen LogP) is 2.55. The van der Waals surface area contributed by atoms with Gasteiger partial charge in [-0.25, -0.2) is 9.18 Å². The smallest absolute Gasteiger partial charge is 0.337 e. The quantitative estimate of drug-likeness (QED) is 0.739. The van der Waals surface area contributed by atoms with Crippen LogP contribution in [0.3, 0.4) is 0 Å². The Labute approximate surface area is 108 Å². The van der Waals surface area contributed by atoms with Crippen LogP contribution in [0.1, 0.15) is 15.9 Å². The summed E-state index contributed by atoms with van der Waals surface area (Å²) in [4.78, 5) is 14.9. The summed E-state index contributed by atoms with van der Waals surface area (Å²) in [6, 6.07) is 3.91. The van der Waals surface area contributed by atoms with Crippen molar-refractivity contribution in [2.75, 3.05) is 11.1 Å². The summed E-state index contributed by atoms with van der Waals surface area (Å²) in [6.07, 6.45) is 3.18. The summed E-state index contributed by atoms with van der Waals surface area (Å²) in [7, 11) is 0. The molecule has 5 nitrogen and oxygen atoms in total. The summed E-state index contributed by atoms with van der Waals surface area (Å²) in [5.74, 6) is -1.83. The van der Waals surface area contributed by atoms with Crippen LogP contribution < -0.4 is 11.1 Å². The van der Waals surface area contributed by atoms with Crippen LogP contribution in [-0.2, 0) is 0 Å². The second-order valence-electron chi connectivity index (χ2n) is 4.10. The third-order valence-corrected chi connectivity index (χ3v) is 2.52. The lowest BCUT2D eigenvalue weighted by atomic mass is 10.1. The number of benzene rings is 1. The number of nitrogens with two attached hydrogens (primary N) is 1. The Hall–Kier alpha value is -2.63. The van der Waals surface area contributed by atoms with Crippen LogP contribution in [0, 0.1) is 12.7 Å². The van der Waals surface area contributed by atoms with E-state index in [1.807, 2.05) is 6.92 Å². The number of nitrogen functional groups attached to an aromatic ring is 1. The van der Waals surface area contributed by atoms with Crippen LogP contribution in [0.15, 0.2) is 30.6 Å². The highest BCUT2D eigenvalue weighted by Crippen LogP contribution is 2.25. The van der Waals surface area contributed by atoms with Crippen molar-refractivity contribution in [2.45, 2.75) is 6.92 Å². The van der Waals surface area contributed by atoms with Gasteiger partial charge in [-0.3, -0.25) is 4.98 Å². The van der Waals surface area contributed by atoms with Gasteiger partial charge >= 0.3 is 5.97 Å². The van der Waals surface area contributed by atoms with Crippen LogP contribution in [-0.4, -0.2) is 16.1 Å². The van der Waals surface area contributed by atoms with Gasteiger partial charge in [0.25, 0.3) is 0 Å². The molecule has 0 saturated carbocycles. The molecule has 0 spiro atoms. The third-order valence-electron chi connectivity index (χ3n) is 2.52. The van der Waals surface area contributed by atoms with Gasteiger partial charge in [-0.15, -0.1) is 0 Å². The van der Waals surface area contributed by atoms with E-state index in [-0.39, 0.29) is 16.9 Å². The lowest BCUT2D eigenvalue weighted by molar-refractivity contribution is 0.0698. The molecule has 1 aromatic heterocycles. The molecule has 0 amide bonds. The SMILES string of the molecule is Cc1cncc(Nc2cc(C(=O)O)c(N)cc2F)c1. The molecule has 19 heavy (non-hydrogen) atoms. The highest BCUT2D eigenvalue weighted by molar-refractivity contribution is 5.95. The maximum Gasteiger partial charge on any atom is 0.337 e. The van der Waals surface area contributed by atoms with Gasteiger partial charge in [0.05, 0.1) is 23.1 Å². The molecule has 0 atom stereocenters. The number of carbonyl (C=O) groups is 1. The number of nitrogens with one attached hydrogen (secondary N) is 1. The molecule has 1 aromatic carbocycles. The van der Waals surface area contributed by atoms with Gasteiger partial charge in [-0.05, 0) is 30.7 Å². The summed E-state index contributed by atoms with van der Waals surface area (Å²) in [6.45, 7) is 1.85. The molecule has 2 rings (SSSR count). The zero-order valence-electron chi connectivity index (χ0n) is 10.1. The number of halogens is 1. The molecule has 0 saturated heterocycles. The van der Waals surface area contributed by atoms with Crippen LogP contribution in [0.4, 0.5) is 21.5 Å². The monoisotopic (exact) mass is 261 g/mol. The number of hydrogen-bond donors (Lipinski definition) is 3. The van der Waals surface area contributed by atoms with Crippen molar-refractivity contribution in [1.29, 1.82) is 0 Å². The van der Waals surface area contributed by atoms with E-state index in [9.17, 15) is 9.18 Å². The van der Waals surface area contributed by atoms with E-state index < -0.39 is 11.8 Å². The van der Waals surface area contributed by atoms with E-state index in [0.29, 0.717) is 5.69 Å². The standard InChI is InChI=1S/C13H12FN3O2/c1-7-2-8(6-16-5-7)17-12-3-9(13(18)19)11(15)4-10(12)14/h2-6,17H,15H2,1H3,(H,18,19). The molecule has 0 aliphatic heterocycles. The molecule has 6 heteroatoms. The molecular weight excluding hydrogens is 249 g/mol. The Bertz CT molecular complexity index is 644. The first kappa shape index (κ1) is 12.8. The van der Waals surface area contributed by atoms with Crippen molar-refractivity contribution in [2.24, 2.45) is 0 Å². The van der Waals surface area contributed by atoms with Crippen molar-refractivity contribution in [1.82, 2.24) is 4.98 Å². The van der Waals surface area contributed by atoms with Crippen molar-refractivity contribution >= 4 is 23.0 Å². The van der Waals surface area contributed by atoms with Crippen molar-refractivity contribution in [3.8, 4) is 0 Å². The van der Waals surface area contributed by atoms with Crippen LogP contribution in [0.25, 0.3) is 0 Å². The fraction of sp³-hybridized carbons (Fsp3) is 0.0769. The molecule has 1 heterocycles. The number of hydrogen-bond acceptors (Lipinski definition) is 4. The maximum atomic E-state index is 13.7. The topological polar surface area (TPSA) is 88.2 Å². The molecule has 0 fully saturated rings. The number of aromatic nitrogens is 1. The average Bonchev–Trinajstić information content (AvgIpc) is 2.32. The molecule has 0 aliphatic carbocycles. The Balaban J connectivity index is 2.40. The molecular formula is C13H12FN3O2. The van der Waals surface area contributed by atoms with Crippen molar-refractivity contribution in [3.05, 3.63) is 47.5 Å². The minimum atomic E-state index is -1.21. The predicted molar refractivity (Wildman–Crippen MR) is 70.0 cm³/mol. The van der Waals surface area contributed by atoms with Gasteiger partial charge in [0, 0.05) is 11.9 Å². The second-order valence-corrected chi connectivity index (χ2v) is 4.10. The molecule has 0 aliphatic rings. The first-order valence-corrected chi connectivity index (χ1v) is 5.48. The largest absolute Gasteiger partial charge is 0.478 e. The van der Waals surface area contributed by atoms with E-state index in [0.717, 1.165) is 17.7 Å². The van der Waals surface area contributed by atoms with Crippen LogP contribution in [0.5, 0.6) is 0 Å². The van der Waals surface area contributed by atoms with E-state index in [4.69, 9.17) is 10.8 Å². The van der Waals surface area contributed by atoms with Gasteiger partial charge in [-0.2, -0.15) is 0 Å². The zero-order valence-corrected chi connectivity index (χ0v) is 10.1. The summed E-state index contributed by atoms with van der Waals surface area (Å²) in [5, 5.41) is 11.7. The molecule has 0 radical (unpaired) electrons. The molecule has 2 aromatic rings. The Kier molecular flexibility index (Phi) is 3.33. The number of rotatable bonds is 3. The highest BCUT2D eigenvalue weighted by atomic mass is 19.1. The fourth-order valence-electron chi connectivity index (χ4n) is 1.65. The van der Waals surface area contributed by atoms with E-state index in [1.165, 1.54) is 6.20 Å². The van der Waals surface area contributed by atoms with Crippen molar-refractivity contribution in [3.63, 3.8) is 0 Å². The van der Waals surface area contributed by atoms with Gasteiger partial charge in [0.1, 0.15) is 5.82 Å². The summed E-state index contributed by atoms with van der Waals surface area (Å²) >= 11 is 0. The van der Waals surface area contributed by atoms with Gasteiger partial charge < -0.3 is 16.2 Å². The molecule has 0 unspecified atom stereocenters. The minimum absolute atomic E-state index is 0.0407. The summed E-state index contributed by atoms with van der Waals surface area (Å²) < 4.78 is 13.7. The normalized spacial score (nSPS) is 10.2. The highest BCUT2D eigenvalue weighted by Gasteiger charge is 2.13. The van der Waals surface area contributed by atoms with E-state index >= 15 is 0 Å². The zero-order chi connectivity index (χ0) is 14.0. The number of pyridine rings is 1. The van der Waals surface area contributed by atoms with E-state index in [1.54, 1.807) is 12.3 Å². The Morgan fingerprint density at radius 1 is 1.37 bits per heavy atom. The summed E-state index contributed by atoms with van der Waals surface area (Å²) in [5.41, 5.74) is 6.70. The minimum Gasteiger partial charge on any atom is -0.478 e. The molecule has 4 N–H and O–H groups in total. The van der Waals surface area contributed by atoms with Gasteiger partial charge in [0.15, 0.2) is 0 Å². The number of aryl methyl sites for hydroxylation is 1. The number of anilines is 3. The molecule has 0 bridgehead atoms. The molecule has 98 valence electrons. The Morgan fingerprint density at radius 2 is 2.11 bits per heavy atom. The lowest BCUT2D eigenvalue weighted by Crippen LogP contribution is -2.05. The maximum absolute atomic E-state index is 13.7. The van der Waals surface area contributed by atoms with Gasteiger partial charge in [-0.1, -0.05) is 0 Å². The van der Waals surface area contributed by atoms with Gasteiger partial charge in [0.2, 0.25) is 0 Å². The number of carboxylic acid groups (broad SMARTS) is 1. The second kappa shape index (κ2) is 4.93. The number of nitrogens with zero attached hydrogens (tertiary/aromatic N) is 1. The first-order chi connectivity index (χ1) is 8.97. The lowest BCUT2D eigenvalue weighted by Gasteiger charge is -2.10.